The van der Waals surface area contributed by atoms with Crippen molar-refractivity contribution in [1.29, 1.82) is 0 Å². The second-order valence-electron chi connectivity index (χ2n) is 11.1. The average Bonchev–Trinajstić information content (AvgIpc) is 3.62. The Bertz CT molecular complexity index is 1510. The van der Waals surface area contributed by atoms with E-state index in [1.54, 1.807) is 45.9 Å². The highest BCUT2D eigenvalue weighted by Crippen LogP contribution is 2.38. The van der Waals surface area contributed by atoms with Gasteiger partial charge in [-0.05, 0) is 75.3 Å². The third-order valence-corrected chi connectivity index (χ3v) is 7.46. The number of fused-ring (bicyclic) bond motifs is 1. The van der Waals surface area contributed by atoms with E-state index in [1.165, 1.54) is 11.9 Å². The van der Waals surface area contributed by atoms with E-state index in [4.69, 9.17) is 23.5 Å². The van der Waals surface area contributed by atoms with E-state index in [0.29, 0.717) is 29.6 Å². The number of alkyl carbamates (subject to hydrolysis) is 2. The molecule has 3 aromatic rings. The minimum absolute atomic E-state index is 0.00886. The molecule has 1 aliphatic rings. The molecule has 0 saturated carbocycles. The van der Waals surface area contributed by atoms with Gasteiger partial charge in [0.25, 0.3) is 0 Å². The van der Waals surface area contributed by atoms with Crippen LogP contribution >= 0.6 is 11.9 Å². The number of nitrogens with one attached hydrogen (secondary N) is 3. The second-order valence-corrected chi connectivity index (χ2v) is 12.0. The van der Waals surface area contributed by atoms with Gasteiger partial charge in [-0.2, -0.15) is 5.10 Å². The molecule has 2 aromatic heterocycles. The molecule has 2 amide bonds. The molecule has 1 aliphatic carbocycles. The molecule has 44 heavy (non-hydrogen) atoms. The Morgan fingerprint density at radius 1 is 1.14 bits per heavy atom. The molecule has 1 aromatic carbocycles. The van der Waals surface area contributed by atoms with Crippen molar-refractivity contribution in [1.82, 2.24) is 25.6 Å². The van der Waals surface area contributed by atoms with Crippen molar-refractivity contribution in [3.8, 4) is 5.75 Å². The normalized spacial score (nSPS) is 14.8. The average molecular weight is 629 g/mol. The zero-order valence-electron chi connectivity index (χ0n) is 25.9. The second kappa shape index (κ2) is 14.9. The van der Waals surface area contributed by atoms with Crippen LogP contribution < -0.4 is 20.1 Å². The number of aromatic nitrogens is 3. The summed E-state index contributed by atoms with van der Waals surface area (Å²) in [5.74, 6) is 2.50. The third-order valence-electron chi connectivity index (χ3n) is 6.55. The highest BCUT2D eigenvalue weighted by molar-refractivity contribution is 8.04. The number of amides is 2. The number of carbonyl (C=O) groups excluding carboxylic acids is 2. The maximum atomic E-state index is 12.0. The summed E-state index contributed by atoms with van der Waals surface area (Å²) in [6.07, 6.45) is 8.47. The summed E-state index contributed by atoms with van der Waals surface area (Å²) in [4.78, 5) is 24.8. The summed E-state index contributed by atoms with van der Waals surface area (Å²) < 4.78 is 32.2. The molecular formula is C30H40N6O7S. The molecule has 1 unspecified atom stereocenters. The summed E-state index contributed by atoms with van der Waals surface area (Å²) in [5, 5.41) is 14.6. The molecule has 2 heterocycles. The highest BCUT2D eigenvalue weighted by atomic mass is 32.2. The number of benzene rings is 1. The monoisotopic (exact) mass is 628 g/mol. The van der Waals surface area contributed by atoms with Gasteiger partial charge in [0, 0.05) is 23.2 Å². The summed E-state index contributed by atoms with van der Waals surface area (Å²) in [6.45, 7) is 8.30. The Hall–Kier alpha value is -4.33. The van der Waals surface area contributed by atoms with E-state index in [2.05, 4.69) is 38.6 Å². The lowest BCUT2D eigenvalue weighted by Gasteiger charge is -2.20. The molecule has 3 N–H and O–H groups in total. The number of allylic oxidation sites excluding steroid dienone is 3. The predicted octanol–water partition coefficient (Wildman–Crippen LogP) is 5.74. The summed E-state index contributed by atoms with van der Waals surface area (Å²) in [5.41, 5.74) is 1.67. The van der Waals surface area contributed by atoms with E-state index in [-0.39, 0.29) is 19.7 Å². The first-order valence-corrected chi connectivity index (χ1v) is 15.1. The minimum Gasteiger partial charge on any atom is -0.496 e. The SMILES string of the molecule is CCC1C=CC(OC)=C(SNc2noc3cc(Cn4cc(CNC(=O)OCCNC(=O)OC(C)(C)C)cn4)cc(OC)c23)C1. The van der Waals surface area contributed by atoms with Gasteiger partial charge in [-0.25, -0.2) is 9.59 Å². The first-order chi connectivity index (χ1) is 21.1. The number of hydrogen-bond acceptors (Lipinski definition) is 11. The van der Waals surface area contributed by atoms with Crippen LogP contribution in [-0.4, -0.2) is 60.1 Å². The van der Waals surface area contributed by atoms with E-state index in [1.807, 2.05) is 24.4 Å². The van der Waals surface area contributed by atoms with E-state index >= 15 is 0 Å². The Morgan fingerprint density at radius 2 is 1.95 bits per heavy atom. The van der Waals surface area contributed by atoms with Crippen molar-refractivity contribution in [2.75, 3.05) is 32.1 Å². The van der Waals surface area contributed by atoms with Gasteiger partial charge < -0.3 is 38.8 Å². The predicted molar refractivity (Wildman–Crippen MR) is 167 cm³/mol. The number of methoxy groups -OCH3 is 2. The Kier molecular flexibility index (Phi) is 11.0. The van der Waals surface area contributed by atoms with Crippen LogP contribution in [0.5, 0.6) is 5.75 Å². The van der Waals surface area contributed by atoms with Gasteiger partial charge in [0.1, 0.15) is 29.1 Å². The standard InChI is InChI=1S/C30H40N6O7S/c1-7-19-8-9-22(39-5)25(14-19)44-35-27-26-23(40-6)12-20(13-24(26)43-34-27)17-36-18-21(16-33-36)15-32-28(37)41-11-10-31-29(38)42-30(2,3)4/h8-9,12-13,16,18-19H,7,10-11,14-15,17H2,1-6H3,(H,31,38)(H,32,37)(H,34,35). The molecule has 0 radical (unpaired) electrons. The minimum atomic E-state index is -0.605. The lowest BCUT2D eigenvalue weighted by molar-refractivity contribution is 0.0511. The van der Waals surface area contributed by atoms with Crippen LogP contribution in [-0.2, 0) is 27.3 Å². The van der Waals surface area contributed by atoms with E-state index in [0.717, 1.165) is 40.0 Å². The van der Waals surface area contributed by atoms with Gasteiger partial charge in [0.15, 0.2) is 11.4 Å². The number of anilines is 1. The van der Waals surface area contributed by atoms with Gasteiger partial charge in [-0.3, -0.25) is 4.68 Å². The number of hydrogen-bond donors (Lipinski definition) is 3. The Morgan fingerprint density at radius 3 is 2.68 bits per heavy atom. The molecule has 13 nitrogen and oxygen atoms in total. The maximum Gasteiger partial charge on any atom is 0.407 e. The van der Waals surface area contributed by atoms with Crippen molar-refractivity contribution < 1.29 is 33.1 Å². The molecule has 0 saturated heterocycles. The quantitative estimate of drug-likeness (QED) is 0.157. The fourth-order valence-electron chi connectivity index (χ4n) is 4.41. The van der Waals surface area contributed by atoms with Gasteiger partial charge in [0.05, 0.1) is 33.5 Å². The van der Waals surface area contributed by atoms with Crippen LogP contribution in [0.1, 0.15) is 51.7 Å². The van der Waals surface area contributed by atoms with Gasteiger partial charge in [0.2, 0.25) is 0 Å². The Balaban J connectivity index is 1.30. The molecule has 238 valence electrons. The Labute approximate surface area is 260 Å². The molecule has 4 rings (SSSR count). The smallest absolute Gasteiger partial charge is 0.407 e. The first-order valence-electron chi connectivity index (χ1n) is 14.3. The van der Waals surface area contributed by atoms with Gasteiger partial charge in [-0.1, -0.05) is 18.2 Å². The molecular weight excluding hydrogens is 588 g/mol. The fourth-order valence-corrected chi connectivity index (χ4v) is 5.32. The molecule has 1 atom stereocenters. The highest BCUT2D eigenvalue weighted by Gasteiger charge is 2.20. The van der Waals surface area contributed by atoms with Gasteiger partial charge in [-0.15, -0.1) is 0 Å². The fraction of sp³-hybridized carbons (Fsp3) is 0.467. The van der Waals surface area contributed by atoms with E-state index in [9.17, 15) is 9.59 Å². The van der Waals surface area contributed by atoms with Crippen LogP contribution in [0.25, 0.3) is 11.0 Å². The van der Waals surface area contributed by atoms with Crippen LogP contribution in [0, 0.1) is 5.92 Å². The number of ether oxygens (including phenoxy) is 4. The van der Waals surface area contributed by atoms with Gasteiger partial charge >= 0.3 is 12.2 Å². The number of carbonyl (C=O) groups is 2. The van der Waals surface area contributed by atoms with Crippen LogP contribution in [0.15, 0.2) is 51.9 Å². The van der Waals surface area contributed by atoms with Crippen molar-refractivity contribution in [3.63, 3.8) is 0 Å². The largest absolute Gasteiger partial charge is 0.496 e. The van der Waals surface area contributed by atoms with Crippen molar-refractivity contribution in [3.05, 3.63) is 58.5 Å². The third kappa shape index (κ3) is 9.09. The first kappa shape index (κ1) is 32.6. The topological polar surface area (TPSA) is 151 Å². The molecule has 0 spiro atoms. The zero-order chi connectivity index (χ0) is 31.7. The van der Waals surface area contributed by atoms with Crippen molar-refractivity contribution in [2.45, 2.75) is 59.2 Å². The molecule has 0 fully saturated rings. The van der Waals surface area contributed by atoms with Crippen LogP contribution in [0.4, 0.5) is 15.4 Å². The van der Waals surface area contributed by atoms with Crippen molar-refractivity contribution in [2.24, 2.45) is 5.92 Å². The lowest BCUT2D eigenvalue weighted by Crippen LogP contribution is -2.35. The summed E-state index contributed by atoms with van der Waals surface area (Å²) >= 11 is 1.47. The molecule has 0 aliphatic heterocycles. The van der Waals surface area contributed by atoms with Crippen LogP contribution in [0.2, 0.25) is 0 Å². The van der Waals surface area contributed by atoms with E-state index < -0.39 is 17.8 Å². The molecule has 0 bridgehead atoms. The van der Waals surface area contributed by atoms with Crippen LogP contribution in [0.3, 0.4) is 0 Å². The summed E-state index contributed by atoms with van der Waals surface area (Å²) in [6, 6.07) is 3.83. The number of rotatable bonds is 13. The zero-order valence-corrected chi connectivity index (χ0v) is 26.7. The maximum absolute atomic E-state index is 12.0. The van der Waals surface area contributed by atoms with Crippen molar-refractivity contribution >= 4 is 40.9 Å². The summed E-state index contributed by atoms with van der Waals surface area (Å²) in [7, 11) is 3.28. The number of nitrogens with zero attached hydrogens (tertiary/aromatic N) is 3. The molecule has 14 heteroatoms. The lowest BCUT2D eigenvalue weighted by atomic mass is 9.97.